The molecule has 19 heavy (non-hydrogen) atoms. The summed E-state index contributed by atoms with van der Waals surface area (Å²) in [5.74, 6) is -0.138. The van der Waals surface area contributed by atoms with E-state index in [0.29, 0.717) is 12.8 Å². The summed E-state index contributed by atoms with van der Waals surface area (Å²) in [6.45, 7) is 2.27. The van der Waals surface area contributed by atoms with Crippen molar-refractivity contribution in [2.75, 3.05) is 6.26 Å². The summed E-state index contributed by atoms with van der Waals surface area (Å²) in [6.07, 6.45) is 0.715. The number of hydrogen-bond acceptors (Lipinski definition) is 5. The highest BCUT2D eigenvalue weighted by atomic mass is 32.2. The van der Waals surface area contributed by atoms with E-state index in [1.165, 1.54) is 0 Å². The number of carbonyl (C=O) groups is 1. The van der Waals surface area contributed by atoms with Gasteiger partial charge in [-0.2, -0.15) is 8.42 Å². The maximum Gasteiger partial charge on any atom is 0.261 e. The highest BCUT2D eigenvalue weighted by molar-refractivity contribution is 7.85. The van der Waals surface area contributed by atoms with Gasteiger partial charge in [-0.15, -0.1) is 0 Å². The highest BCUT2D eigenvalue weighted by Gasteiger charge is 2.06. The molecule has 7 nitrogen and oxygen atoms in total. The zero-order valence-corrected chi connectivity index (χ0v) is 11.5. The average Bonchev–Trinajstić information content (AvgIpc) is 2.25. The second-order valence-corrected chi connectivity index (χ2v) is 5.37. The lowest BCUT2D eigenvalue weighted by Crippen LogP contribution is -2.38. The molecule has 8 heteroatoms. The predicted octanol–water partition coefficient (Wildman–Crippen LogP) is -0.140. The largest absolute Gasteiger partial charge is 0.508 e. The number of phenols is 1. The van der Waals surface area contributed by atoms with Crippen LogP contribution >= 0.6 is 0 Å². The summed E-state index contributed by atoms with van der Waals surface area (Å²) in [5.41, 5.74) is 6.08. The lowest BCUT2D eigenvalue weighted by molar-refractivity contribution is -0.119. The van der Waals surface area contributed by atoms with Crippen molar-refractivity contribution < 1.29 is 22.9 Å². The van der Waals surface area contributed by atoms with Crippen molar-refractivity contribution in [1.29, 1.82) is 0 Å². The summed E-state index contributed by atoms with van der Waals surface area (Å²) < 4.78 is 25.9. The number of nitrogens with one attached hydrogen (secondary N) is 1. The van der Waals surface area contributed by atoms with E-state index in [-0.39, 0.29) is 17.7 Å². The summed E-state index contributed by atoms with van der Waals surface area (Å²) in [4.78, 5) is 10.7. The van der Waals surface area contributed by atoms with Gasteiger partial charge >= 0.3 is 0 Å². The summed E-state index contributed by atoms with van der Waals surface area (Å²) in [5, 5.41) is 12.0. The fraction of sp³-hybridized carbons (Fsp3) is 0.364. The van der Waals surface area contributed by atoms with Crippen LogP contribution in [0, 0.1) is 0 Å². The van der Waals surface area contributed by atoms with Gasteiger partial charge < -0.3 is 16.2 Å². The normalized spacial score (nSPS) is 12.2. The van der Waals surface area contributed by atoms with Crippen LogP contribution in [-0.2, 0) is 21.5 Å². The van der Waals surface area contributed by atoms with E-state index in [9.17, 15) is 13.2 Å². The smallest absolute Gasteiger partial charge is 0.261 e. The number of nitrogens with two attached hydrogens (primary N) is 1. The molecule has 1 rings (SSSR count). The minimum Gasteiger partial charge on any atom is -0.508 e. The van der Waals surface area contributed by atoms with E-state index in [2.05, 4.69) is 5.32 Å². The number of aromatic hydroxyl groups is 1. The van der Waals surface area contributed by atoms with E-state index < -0.39 is 10.1 Å². The van der Waals surface area contributed by atoms with Crippen LogP contribution in [0.3, 0.4) is 0 Å². The van der Waals surface area contributed by atoms with Crippen molar-refractivity contribution >= 4 is 16.0 Å². The van der Waals surface area contributed by atoms with E-state index in [1.807, 2.05) is 0 Å². The van der Waals surface area contributed by atoms with Gasteiger partial charge in [-0.1, -0.05) is 12.1 Å². The second-order valence-electron chi connectivity index (χ2n) is 3.90. The van der Waals surface area contributed by atoms with E-state index in [0.717, 1.165) is 5.56 Å². The maximum atomic E-state index is 10.7. The predicted molar refractivity (Wildman–Crippen MR) is 71.1 cm³/mol. The molecule has 1 aromatic rings. The SMILES string of the molecule is CS(=O)(=O)O.C[C@H](NCc1ccc(O)cc1)C(N)=O. The molecule has 108 valence electrons. The van der Waals surface area contributed by atoms with Crippen LogP contribution in [0.1, 0.15) is 12.5 Å². The second kappa shape index (κ2) is 7.72. The summed E-state index contributed by atoms with van der Waals surface area (Å²) >= 11 is 0. The Morgan fingerprint density at radius 3 is 2.16 bits per heavy atom. The number of rotatable bonds is 4. The highest BCUT2D eigenvalue weighted by Crippen LogP contribution is 2.09. The van der Waals surface area contributed by atoms with Crippen LogP contribution in [0.2, 0.25) is 0 Å². The Balaban J connectivity index is 0.000000555. The van der Waals surface area contributed by atoms with Crippen LogP contribution < -0.4 is 11.1 Å². The van der Waals surface area contributed by atoms with Crippen LogP contribution in [0.15, 0.2) is 24.3 Å². The number of benzene rings is 1. The van der Waals surface area contributed by atoms with E-state index in [4.69, 9.17) is 15.4 Å². The molecule has 1 amide bonds. The molecule has 0 fully saturated rings. The van der Waals surface area contributed by atoms with Crippen molar-refractivity contribution in [2.45, 2.75) is 19.5 Å². The van der Waals surface area contributed by atoms with Crippen molar-refractivity contribution in [1.82, 2.24) is 5.32 Å². The van der Waals surface area contributed by atoms with Gasteiger partial charge in [0.15, 0.2) is 0 Å². The third-order valence-electron chi connectivity index (χ3n) is 1.98. The number of amides is 1. The molecule has 0 heterocycles. The third-order valence-corrected chi connectivity index (χ3v) is 1.98. The molecule has 1 aromatic carbocycles. The van der Waals surface area contributed by atoms with Gasteiger partial charge in [0, 0.05) is 6.54 Å². The molecule has 0 spiro atoms. The molecular formula is C11H18N2O5S. The van der Waals surface area contributed by atoms with Crippen LogP contribution in [0.5, 0.6) is 5.75 Å². The Hall–Kier alpha value is -1.64. The van der Waals surface area contributed by atoms with Crippen molar-refractivity contribution in [3.8, 4) is 5.75 Å². The zero-order valence-electron chi connectivity index (χ0n) is 10.7. The lowest BCUT2D eigenvalue weighted by Gasteiger charge is -2.09. The molecule has 1 atom stereocenters. The third kappa shape index (κ3) is 11.2. The Labute approximate surface area is 112 Å². The van der Waals surface area contributed by atoms with Crippen molar-refractivity contribution in [3.63, 3.8) is 0 Å². The molecule has 0 aliphatic carbocycles. The van der Waals surface area contributed by atoms with Gasteiger partial charge in [0.05, 0.1) is 12.3 Å². The molecule has 0 aliphatic heterocycles. The molecule has 0 bridgehead atoms. The first kappa shape index (κ1) is 17.4. The first-order valence-corrected chi connectivity index (χ1v) is 7.17. The van der Waals surface area contributed by atoms with Crippen LogP contribution in [-0.4, -0.2) is 36.3 Å². The molecule has 0 unspecified atom stereocenters. The minimum absolute atomic E-state index is 0.233. The summed E-state index contributed by atoms with van der Waals surface area (Å²) in [6, 6.07) is 6.44. The Kier molecular flexibility index (Phi) is 7.05. The van der Waals surface area contributed by atoms with E-state index >= 15 is 0 Å². The van der Waals surface area contributed by atoms with Gasteiger partial charge in [-0.25, -0.2) is 0 Å². The Morgan fingerprint density at radius 2 is 1.79 bits per heavy atom. The first-order chi connectivity index (χ1) is 8.59. The molecular weight excluding hydrogens is 272 g/mol. The maximum absolute atomic E-state index is 10.7. The number of primary amides is 1. The fourth-order valence-electron chi connectivity index (χ4n) is 0.985. The molecule has 0 aromatic heterocycles. The molecule has 0 aliphatic rings. The van der Waals surface area contributed by atoms with Crippen molar-refractivity contribution in [3.05, 3.63) is 29.8 Å². The number of phenolic OH excluding ortho intramolecular Hbond substituents is 1. The van der Waals surface area contributed by atoms with Gasteiger partial charge in [0.25, 0.3) is 10.1 Å². The zero-order chi connectivity index (χ0) is 15.1. The standard InChI is InChI=1S/C10H14N2O2.CH4O3S/c1-7(10(11)14)12-6-8-2-4-9(13)5-3-8;1-5(2,3)4/h2-5,7,12-13H,6H2,1H3,(H2,11,14);1H3,(H,2,3,4)/t7-;/m0./s1. The molecule has 0 radical (unpaired) electrons. The van der Waals surface area contributed by atoms with Gasteiger partial charge in [0.2, 0.25) is 5.91 Å². The molecule has 0 saturated carbocycles. The molecule has 0 saturated heterocycles. The van der Waals surface area contributed by atoms with Gasteiger partial charge in [-0.05, 0) is 24.6 Å². The number of hydrogen-bond donors (Lipinski definition) is 4. The first-order valence-electron chi connectivity index (χ1n) is 5.32. The molecule has 5 N–H and O–H groups in total. The van der Waals surface area contributed by atoms with E-state index in [1.54, 1.807) is 31.2 Å². The van der Waals surface area contributed by atoms with Crippen molar-refractivity contribution in [2.24, 2.45) is 5.73 Å². The topological polar surface area (TPSA) is 130 Å². The van der Waals surface area contributed by atoms with Gasteiger partial charge in [0.1, 0.15) is 5.75 Å². The lowest BCUT2D eigenvalue weighted by atomic mass is 10.2. The average molecular weight is 290 g/mol. The number of carbonyl (C=O) groups excluding carboxylic acids is 1. The summed E-state index contributed by atoms with van der Waals surface area (Å²) in [7, 11) is -3.67. The Morgan fingerprint density at radius 1 is 1.37 bits per heavy atom. The van der Waals surface area contributed by atoms with Crippen LogP contribution in [0.4, 0.5) is 0 Å². The fourth-order valence-corrected chi connectivity index (χ4v) is 0.985. The van der Waals surface area contributed by atoms with Gasteiger partial charge in [-0.3, -0.25) is 9.35 Å². The Bertz CT molecular complexity index is 490. The monoisotopic (exact) mass is 290 g/mol. The quantitative estimate of drug-likeness (QED) is 0.571. The minimum atomic E-state index is -3.67. The van der Waals surface area contributed by atoms with Crippen LogP contribution in [0.25, 0.3) is 0 Å².